The maximum Gasteiger partial charge on any atom is 0.235 e. The monoisotopic (exact) mass is 225 g/mol. The fourth-order valence-corrected chi connectivity index (χ4v) is 1.23. The second-order valence-corrected chi connectivity index (χ2v) is 4.20. The maximum absolute atomic E-state index is 5.65. The van der Waals surface area contributed by atoms with Gasteiger partial charge < -0.3 is 15.0 Å². The van der Waals surface area contributed by atoms with Gasteiger partial charge in [-0.05, 0) is 19.8 Å². The van der Waals surface area contributed by atoms with Gasteiger partial charge in [-0.2, -0.15) is 0 Å². The quantitative estimate of drug-likeness (QED) is 0.473. The van der Waals surface area contributed by atoms with Gasteiger partial charge in [0.05, 0.1) is 5.69 Å². The highest BCUT2D eigenvalue weighted by molar-refractivity contribution is 5.79. The van der Waals surface area contributed by atoms with Gasteiger partial charge in [-0.1, -0.05) is 19.0 Å². The maximum atomic E-state index is 5.65. The minimum atomic E-state index is 0.216. The van der Waals surface area contributed by atoms with Crippen LogP contribution in [0.25, 0.3) is 0 Å². The Morgan fingerprint density at radius 1 is 1.50 bits per heavy atom. The number of amidine groups is 1. The Labute approximate surface area is 95.7 Å². The van der Waals surface area contributed by atoms with Gasteiger partial charge in [0.25, 0.3) is 0 Å². The molecule has 1 aromatic rings. The third kappa shape index (κ3) is 3.92. The highest BCUT2D eigenvalue weighted by Crippen LogP contribution is 2.09. The molecule has 2 N–H and O–H groups in total. The van der Waals surface area contributed by atoms with Crippen LogP contribution in [0.2, 0.25) is 0 Å². The fourth-order valence-electron chi connectivity index (χ4n) is 1.23. The van der Waals surface area contributed by atoms with Crippen LogP contribution >= 0.6 is 0 Å². The summed E-state index contributed by atoms with van der Waals surface area (Å²) in [5.74, 6) is 2.29. The Bertz CT molecular complexity index is 350. The van der Waals surface area contributed by atoms with E-state index in [0.717, 1.165) is 17.9 Å². The number of nitrogens with zero attached hydrogens (tertiary/aromatic N) is 2. The van der Waals surface area contributed by atoms with Crippen molar-refractivity contribution in [3.05, 3.63) is 17.3 Å². The summed E-state index contributed by atoms with van der Waals surface area (Å²) in [5.41, 5.74) is 6.52. The fraction of sp³-hybridized carbons (Fsp3) is 0.636. The minimum Gasteiger partial charge on any atom is -0.442 e. The van der Waals surface area contributed by atoms with Crippen LogP contribution in [0.4, 0.5) is 0 Å². The molecule has 0 aliphatic carbocycles. The first-order valence-electron chi connectivity index (χ1n) is 5.36. The Balaban J connectivity index is 2.40. The molecule has 5 heteroatoms. The lowest BCUT2D eigenvalue weighted by molar-refractivity contribution is 0.109. The Morgan fingerprint density at radius 2 is 2.19 bits per heavy atom. The highest BCUT2D eigenvalue weighted by atomic mass is 16.6. The molecule has 0 aliphatic rings. The van der Waals surface area contributed by atoms with Crippen LogP contribution in [-0.4, -0.2) is 10.8 Å². The average molecular weight is 225 g/mol. The predicted molar refractivity (Wildman–Crippen MR) is 61.8 cm³/mol. The van der Waals surface area contributed by atoms with Gasteiger partial charge in [-0.15, -0.1) is 0 Å². The summed E-state index contributed by atoms with van der Waals surface area (Å²) in [7, 11) is 0. The van der Waals surface area contributed by atoms with Crippen LogP contribution in [0.1, 0.15) is 37.6 Å². The molecule has 0 saturated carbocycles. The van der Waals surface area contributed by atoms with E-state index in [1.54, 1.807) is 0 Å². The number of hydrogen-bond donors (Lipinski definition) is 1. The number of oxazole rings is 1. The number of aromatic nitrogens is 1. The molecular formula is C11H19N3O2. The summed E-state index contributed by atoms with van der Waals surface area (Å²) < 4.78 is 5.33. The van der Waals surface area contributed by atoms with Gasteiger partial charge >= 0.3 is 0 Å². The van der Waals surface area contributed by atoms with E-state index in [1.165, 1.54) is 0 Å². The average Bonchev–Trinajstić information content (AvgIpc) is 2.44. The molecule has 0 atom stereocenters. The van der Waals surface area contributed by atoms with Crippen LogP contribution in [0.3, 0.4) is 0 Å². The topological polar surface area (TPSA) is 73.6 Å². The molecule has 1 rings (SSSR count). The zero-order valence-corrected chi connectivity index (χ0v) is 10.3. The van der Waals surface area contributed by atoms with Crippen LogP contribution in [-0.2, 0) is 11.4 Å². The van der Waals surface area contributed by atoms with Crippen LogP contribution in [0, 0.1) is 19.8 Å². The zero-order chi connectivity index (χ0) is 12.1. The Morgan fingerprint density at radius 3 is 2.69 bits per heavy atom. The van der Waals surface area contributed by atoms with E-state index in [1.807, 2.05) is 13.8 Å². The van der Waals surface area contributed by atoms with Gasteiger partial charge in [0.2, 0.25) is 5.89 Å². The van der Waals surface area contributed by atoms with E-state index >= 15 is 0 Å². The van der Waals surface area contributed by atoms with E-state index in [-0.39, 0.29) is 6.61 Å². The lowest BCUT2D eigenvalue weighted by Crippen LogP contribution is -2.14. The van der Waals surface area contributed by atoms with Gasteiger partial charge in [0, 0.05) is 6.42 Å². The van der Waals surface area contributed by atoms with Gasteiger partial charge in [0.15, 0.2) is 6.61 Å². The van der Waals surface area contributed by atoms with Crippen molar-refractivity contribution in [3.8, 4) is 0 Å². The SMILES string of the molecule is Cc1nc(CO/N=C(\N)CC(C)C)oc1C. The summed E-state index contributed by atoms with van der Waals surface area (Å²) in [5, 5.41) is 3.79. The molecule has 0 fully saturated rings. The van der Waals surface area contributed by atoms with Crippen molar-refractivity contribution >= 4 is 5.84 Å². The van der Waals surface area contributed by atoms with Gasteiger partial charge in [0.1, 0.15) is 11.6 Å². The van der Waals surface area contributed by atoms with E-state index in [4.69, 9.17) is 15.0 Å². The molecule has 5 nitrogen and oxygen atoms in total. The molecule has 0 radical (unpaired) electrons. The van der Waals surface area contributed by atoms with Crippen molar-refractivity contribution in [3.63, 3.8) is 0 Å². The summed E-state index contributed by atoms with van der Waals surface area (Å²) in [6, 6.07) is 0. The van der Waals surface area contributed by atoms with Crippen molar-refractivity contribution in [1.29, 1.82) is 0 Å². The standard InChI is InChI=1S/C11H19N3O2/c1-7(2)5-10(12)14-15-6-11-13-8(3)9(4)16-11/h7H,5-6H2,1-4H3,(H2,12,14). The lowest BCUT2D eigenvalue weighted by atomic mass is 10.1. The molecule has 0 aliphatic heterocycles. The van der Waals surface area contributed by atoms with Crippen molar-refractivity contribution < 1.29 is 9.25 Å². The zero-order valence-electron chi connectivity index (χ0n) is 10.3. The van der Waals surface area contributed by atoms with Gasteiger partial charge in [-0.25, -0.2) is 4.98 Å². The molecule has 0 amide bonds. The Kier molecular flexibility index (Phi) is 4.34. The molecule has 0 aromatic carbocycles. The molecular weight excluding hydrogens is 206 g/mol. The van der Waals surface area contributed by atoms with Crippen LogP contribution < -0.4 is 5.73 Å². The summed E-state index contributed by atoms with van der Waals surface area (Å²) >= 11 is 0. The Hall–Kier alpha value is -1.52. The van der Waals surface area contributed by atoms with Crippen molar-refractivity contribution in [2.24, 2.45) is 16.8 Å². The first-order chi connectivity index (χ1) is 7.49. The second-order valence-electron chi connectivity index (χ2n) is 4.20. The van der Waals surface area contributed by atoms with E-state index in [2.05, 4.69) is 24.0 Å². The second kappa shape index (κ2) is 5.53. The van der Waals surface area contributed by atoms with E-state index in [9.17, 15) is 0 Å². The first-order valence-corrected chi connectivity index (χ1v) is 5.36. The predicted octanol–water partition coefficient (Wildman–Crippen LogP) is 2.13. The van der Waals surface area contributed by atoms with Gasteiger partial charge in [-0.3, -0.25) is 0 Å². The molecule has 16 heavy (non-hydrogen) atoms. The molecule has 1 heterocycles. The minimum absolute atomic E-state index is 0.216. The smallest absolute Gasteiger partial charge is 0.235 e. The molecule has 0 unspecified atom stereocenters. The van der Waals surface area contributed by atoms with Crippen molar-refractivity contribution in [2.45, 2.75) is 40.7 Å². The molecule has 0 bridgehead atoms. The van der Waals surface area contributed by atoms with E-state index in [0.29, 0.717) is 17.6 Å². The summed E-state index contributed by atoms with van der Waals surface area (Å²) in [6.45, 7) is 8.11. The largest absolute Gasteiger partial charge is 0.442 e. The van der Waals surface area contributed by atoms with E-state index < -0.39 is 0 Å². The number of rotatable bonds is 5. The van der Waals surface area contributed by atoms with Crippen molar-refractivity contribution in [2.75, 3.05) is 0 Å². The number of oxime groups is 1. The highest BCUT2D eigenvalue weighted by Gasteiger charge is 2.05. The first kappa shape index (κ1) is 12.5. The van der Waals surface area contributed by atoms with Crippen LogP contribution in [0.5, 0.6) is 0 Å². The summed E-state index contributed by atoms with van der Waals surface area (Å²) in [6.07, 6.45) is 0.726. The lowest BCUT2D eigenvalue weighted by Gasteiger charge is -2.02. The third-order valence-electron chi connectivity index (χ3n) is 2.06. The number of hydrogen-bond acceptors (Lipinski definition) is 4. The number of aryl methyl sites for hydroxylation is 2. The van der Waals surface area contributed by atoms with Crippen molar-refractivity contribution in [1.82, 2.24) is 4.98 Å². The molecule has 0 saturated heterocycles. The molecule has 0 spiro atoms. The van der Waals surface area contributed by atoms with Crippen LogP contribution in [0.15, 0.2) is 9.57 Å². The third-order valence-corrected chi connectivity index (χ3v) is 2.06. The summed E-state index contributed by atoms with van der Waals surface area (Å²) in [4.78, 5) is 9.22. The number of nitrogens with two attached hydrogens (primary N) is 1. The normalized spacial score (nSPS) is 12.2. The molecule has 90 valence electrons. The molecule has 1 aromatic heterocycles.